The van der Waals surface area contributed by atoms with Gasteiger partial charge in [0.1, 0.15) is 0 Å². The molecule has 2 aromatic rings. The van der Waals surface area contributed by atoms with E-state index in [4.69, 9.17) is 5.11 Å². The summed E-state index contributed by atoms with van der Waals surface area (Å²) in [5.74, 6) is 5.76. The molecule has 0 spiro atoms. The van der Waals surface area contributed by atoms with Crippen molar-refractivity contribution in [2.24, 2.45) is 0 Å². The number of carbonyl (C=O) groups is 1. The first-order valence-corrected chi connectivity index (χ1v) is 7.36. The van der Waals surface area contributed by atoms with E-state index in [1.54, 1.807) is 30.4 Å². The standard InChI is InChI=1S/C16H16N2O2S/c1-18(12-13-5-4-9-17-11-13)16(20)15-8-7-14(21-15)6-2-3-10-19/h4-5,7-9,11,19H,3,10,12H2,1H3. The van der Waals surface area contributed by atoms with Gasteiger partial charge in [-0.15, -0.1) is 11.3 Å². The Morgan fingerprint density at radius 2 is 2.29 bits per heavy atom. The van der Waals surface area contributed by atoms with E-state index in [2.05, 4.69) is 16.8 Å². The number of nitrogens with zero attached hydrogens (tertiary/aromatic N) is 2. The average molecular weight is 300 g/mol. The van der Waals surface area contributed by atoms with Crippen LogP contribution in [0.5, 0.6) is 0 Å². The molecule has 108 valence electrons. The SMILES string of the molecule is CN(Cc1cccnc1)C(=O)c1ccc(C#CCCO)s1. The van der Waals surface area contributed by atoms with E-state index in [0.29, 0.717) is 17.8 Å². The Balaban J connectivity index is 2.01. The Hall–Kier alpha value is -2.16. The number of aliphatic hydroxyl groups excluding tert-OH is 1. The van der Waals surface area contributed by atoms with Gasteiger partial charge in [-0.25, -0.2) is 0 Å². The van der Waals surface area contributed by atoms with Crippen LogP contribution in [-0.2, 0) is 6.54 Å². The first-order chi connectivity index (χ1) is 10.2. The van der Waals surface area contributed by atoms with Crippen molar-refractivity contribution in [3.63, 3.8) is 0 Å². The van der Waals surface area contributed by atoms with Gasteiger partial charge in [-0.3, -0.25) is 9.78 Å². The van der Waals surface area contributed by atoms with Crippen molar-refractivity contribution in [1.82, 2.24) is 9.88 Å². The van der Waals surface area contributed by atoms with Crippen LogP contribution in [0.15, 0.2) is 36.7 Å². The zero-order valence-corrected chi connectivity index (χ0v) is 12.6. The molecule has 0 fully saturated rings. The fourth-order valence-corrected chi connectivity index (χ4v) is 2.63. The maximum absolute atomic E-state index is 12.3. The number of aromatic nitrogens is 1. The topological polar surface area (TPSA) is 53.4 Å². The molecule has 0 radical (unpaired) electrons. The van der Waals surface area contributed by atoms with Gasteiger partial charge in [-0.05, 0) is 23.8 Å². The number of pyridine rings is 1. The molecule has 0 aliphatic heterocycles. The number of thiophene rings is 1. The molecule has 1 amide bonds. The first-order valence-electron chi connectivity index (χ1n) is 6.54. The molecule has 0 aliphatic carbocycles. The number of hydrogen-bond donors (Lipinski definition) is 1. The van der Waals surface area contributed by atoms with E-state index in [1.807, 2.05) is 18.2 Å². The number of carbonyl (C=O) groups excluding carboxylic acids is 1. The summed E-state index contributed by atoms with van der Waals surface area (Å²) in [5.41, 5.74) is 0.993. The third kappa shape index (κ3) is 4.42. The van der Waals surface area contributed by atoms with Crippen molar-refractivity contribution in [3.05, 3.63) is 52.0 Å². The molecule has 5 heteroatoms. The molecule has 4 nitrogen and oxygen atoms in total. The van der Waals surface area contributed by atoms with Gasteiger partial charge < -0.3 is 10.0 Å². The summed E-state index contributed by atoms with van der Waals surface area (Å²) in [7, 11) is 1.77. The molecule has 2 heterocycles. The molecule has 0 aliphatic rings. The van der Waals surface area contributed by atoms with Crippen LogP contribution < -0.4 is 0 Å². The molecule has 0 saturated heterocycles. The molecule has 0 atom stereocenters. The van der Waals surface area contributed by atoms with Crippen molar-refractivity contribution in [2.45, 2.75) is 13.0 Å². The highest BCUT2D eigenvalue weighted by Crippen LogP contribution is 2.18. The van der Waals surface area contributed by atoms with Gasteiger partial charge in [0, 0.05) is 32.4 Å². The molecular formula is C16H16N2O2S. The Kier molecular flexibility index (Phi) is 5.50. The van der Waals surface area contributed by atoms with Crippen LogP contribution in [0.1, 0.15) is 26.5 Å². The lowest BCUT2D eigenvalue weighted by atomic mass is 10.2. The smallest absolute Gasteiger partial charge is 0.264 e. The first kappa shape index (κ1) is 15.2. The molecule has 2 rings (SSSR count). The minimum atomic E-state index is -0.0286. The zero-order valence-electron chi connectivity index (χ0n) is 11.7. The molecule has 0 saturated carbocycles. The summed E-state index contributed by atoms with van der Waals surface area (Å²) in [6, 6.07) is 7.42. The Labute approximate surface area is 128 Å². The highest BCUT2D eigenvalue weighted by atomic mass is 32.1. The molecule has 0 bridgehead atoms. The van der Waals surface area contributed by atoms with E-state index in [1.165, 1.54) is 11.3 Å². The fraction of sp³-hybridized carbons (Fsp3) is 0.250. The van der Waals surface area contributed by atoms with Gasteiger partial charge in [0.15, 0.2) is 0 Å². The number of rotatable bonds is 4. The second kappa shape index (κ2) is 7.58. The maximum Gasteiger partial charge on any atom is 0.264 e. The van der Waals surface area contributed by atoms with Crippen LogP contribution in [0.3, 0.4) is 0 Å². The second-order valence-corrected chi connectivity index (χ2v) is 5.55. The number of hydrogen-bond acceptors (Lipinski definition) is 4. The largest absolute Gasteiger partial charge is 0.395 e. The zero-order chi connectivity index (χ0) is 15.1. The highest BCUT2D eigenvalue weighted by molar-refractivity contribution is 7.14. The molecular weight excluding hydrogens is 284 g/mol. The van der Waals surface area contributed by atoms with Crippen LogP contribution >= 0.6 is 11.3 Å². The van der Waals surface area contributed by atoms with Crippen molar-refractivity contribution in [2.75, 3.05) is 13.7 Å². The summed E-state index contributed by atoms with van der Waals surface area (Å²) in [6.45, 7) is 0.577. The van der Waals surface area contributed by atoms with Gasteiger partial charge in [-0.1, -0.05) is 17.9 Å². The van der Waals surface area contributed by atoms with Crippen LogP contribution in [0, 0.1) is 11.8 Å². The minimum absolute atomic E-state index is 0.0286. The average Bonchev–Trinajstić information content (AvgIpc) is 2.96. The van der Waals surface area contributed by atoms with E-state index in [9.17, 15) is 4.79 Å². The van der Waals surface area contributed by atoms with Gasteiger partial charge in [0.25, 0.3) is 5.91 Å². The Bertz CT molecular complexity index is 656. The van der Waals surface area contributed by atoms with Crippen molar-refractivity contribution in [3.8, 4) is 11.8 Å². The van der Waals surface area contributed by atoms with Crippen LogP contribution in [0.25, 0.3) is 0 Å². The minimum Gasteiger partial charge on any atom is -0.395 e. The molecule has 1 N–H and O–H groups in total. The Morgan fingerprint density at radius 1 is 1.43 bits per heavy atom. The predicted molar refractivity (Wildman–Crippen MR) is 82.9 cm³/mol. The maximum atomic E-state index is 12.3. The van der Waals surface area contributed by atoms with Crippen molar-refractivity contribution in [1.29, 1.82) is 0 Å². The number of amides is 1. The number of aliphatic hydroxyl groups is 1. The van der Waals surface area contributed by atoms with E-state index >= 15 is 0 Å². The third-order valence-electron chi connectivity index (χ3n) is 2.75. The lowest BCUT2D eigenvalue weighted by molar-refractivity contribution is 0.0790. The molecule has 2 aromatic heterocycles. The normalized spacial score (nSPS) is 9.81. The van der Waals surface area contributed by atoms with Gasteiger partial charge >= 0.3 is 0 Å². The lowest BCUT2D eigenvalue weighted by Crippen LogP contribution is -2.25. The van der Waals surface area contributed by atoms with E-state index < -0.39 is 0 Å². The van der Waals surface area contributed by atoms with Crippen LogP contribution in [-0.4, -0.2) is 34.6 Å². The monoisotopic (exact) mass is 300 g/mol. The molecule has 0 unspecified atom stereocenters. The quantitative estimate of drug-likeness (QED) is 0.880. The van der Waals surface area contributed by atoms with Gasteiger partial charge in [0.2, 0.25) is 0 Å². The highest BCUT2D eigenvalue weighted by Gasteiger charge is 2.14. The van der Waals surface area contributed by atoms with Gasteiger partial charge in [0.05, 0.1) is 16.4 Å². The van der Waals surface area contributed by atoms with Crippen LogP contribution in [0.2, 0.25) is 0 Å². The predicted octanol–water partition coefficient (Wildman–Crippen LogP) is 2.15. The molecule has 21 heavy (non-hydrogen) atoms. The summed E-state index contributed by atoms with van der Waals surface area (Å²) in [5, 5.41) is 8.69. The second-order valence-electron chi connectivity index (χ2n) is 4.46. The Morgan fingerprint density at radius 3 is 3.00 bits per heavy atom. The fourth-order valence-electron chi connectivity index (χ4n) is 1.75. The lowest BCUT2D eigenvalue weighted by Gasteiger charge is -2.15. The van der Waals surface area contributed by atoms with Crippen molar-refractivity contribution >= 4 is 17.2 Å². The summed E-state index contributed by atoms with van der Waals surface area (Å²) >= 11 is 1.37. The van der Waals surface area contributed by atoms with Gasteiger partial charge in [-0.2, -0.15) is 0 Å². The van der Waals surface area contributed by atoms with E-state index in [-0.39, 0.29) is 12.5 Å². The summed E-state index contributed by atoms with van der Waals surface area (Å²) in [4.78, 5) is 19.5. The van der Waals surface area contributed by atoms with E-state index in [0.717, 1.165) is 10.4 Å². The van der Waals surface area contributed by atoms with Crippen molar-refractivity contribution < 1.29 is 9.90 Å². The van der Waals surface area contributed by atoms with Crippen LogP contribution in [0.4, 0.5) is 0 Å². The third-order valence-corrected chi connectivity index (χ3v) is 3.74. The summed E-state index contributed by atoms with van der Waals surface area (Å²) < 4.78 is 0. The molecule has 0 aromatic carbocycles. The summed E-state index contributed by atoms with van der Waals surface area (Å²) in [6.07, 6.45) is 3.91.